The van der Waals surface area contributed by atoms with Gasteiger partial charge in [-0.15, -0.1) is 0 Å². The lowest BCUT2D eigenvalue weighted by Crippen LogP contribution is -2.30. The van der Waals surface area contributed by atoms with Gasteiger partial charge in [0.2, 0.25) is 5.95 Å². The summed E-state index contributed by atoms with van der Waals surface area (Å²) < 4.78 is 14.6. The first-order chi connectivity index (χ1) is 14.4. The van der Waals surface area contributed by atoms with Crippen molar-refractivity contribution in [1.29, 1.82) is 0 Å². The molecule has 4 rings (SSSR count). The lowest BCUT2D eigenvalue weighted by atomic mass is 10.1. The summed E-state index contributed by atoms with van der Waals surface area (Å²) in [5.74, 6) is -0.840. The molecule has 0 unspecified atom stereocenters. The topological polar surface area (TPSA) is 89.8 Å². The third-order valence-electron chi connectivity index (χ3n) is 4.55. The van der Waals surface area contributed by atoms with E-state index in [1.54, 1.807) is 50.4 Å². The van der Waals surface area contributed by atoms with Crippen molar-refractivity contribution >= 4 is 22.9 Å². The molecule has 30 heavy (non-hydrogen) atoms. The largest absolute Gasteiger partial charge is 0.290 e. The fourth-order valence-electron chi connectivity index (χ4n) is 3.24. The summed E-state index contributed by atoms with van der Waals surface area (Å²) in [6.07, 6.45) is 1.58. The summed E-state index contributed by atoms with van der Waals surface area (Å²) in [4.78, 5) is 38.7. The molecule has 150 valence electrons. The number of nitrogens with zero attached hydrogens (tertiary/aromatic N) is 4. The Morgan fingerprint density at radius 1 is 1.07 bits per heavy atom. The molecule has 0 aliphatic heterocycles. The number of nitrogens with one attached hydrogen (secondary N) is 1. The van der Waals surface area contributed by atoms with Gasteiger partial charge in [0, 0.05) is 23.0 Å². The molecule has 0 aliphatic rings. The number of carbonyl (C=O) groups excluding carboxylic acids is 1. The van der Waals surface area contributed by atoms with Crippen LogP contribution in [0.15, 0.2) is 59.5 Å². The lowest BCUT2D eigenvalue weighted by molar-refractivity contribution is 0.102. The summed E-state index contributed by atoms with van der Waals surface area (Å²) in [6.45, 7) is 3.73. The molecule has 4 aromatic rings. The molecule has 0 saturated carbocycles. The Balaban J connectivity index is 1.78. The van der Waals surface area contributed by atoms with E-state index in [1.165, 1.54) is 22.8 Å². The summed E-state index contributed by atoms with van der Waals surface area (Å²) in [7, 11) is 0. The Labute approximate surface area is 171 Å². The Morgan fingerprint density at radius 3 is 2.47 bits per heavy atom. The minimum absolute atomic E-state index is 0.0552. The number of anilines is 1. The highest BCUT2D eigenvalue weighted by molar-refractivity contribution is 6.04. The van der Waals surface area contributed by atoms with Gasteiger partial charge in [0.05, 0.1) is 6.54 Å². The molecule has 1 amide bonds. The van der Waals surface area contributed by atoms with Gasteiger partial charge >= 0.3 is 0 Å². The molecule has 0 bridgehead atoms. The van der Waals surface area contributed by atoms with Gasteiger partial charge < -0.3 is 0 Å². The highest BCUT2D eigenvalue weighted by atomic mass is 19.1. The molecule has 8 heteroatoms. The molecule has 7 nitrogen and oxygen atoms in total. The van der Waals surface area contributed by atoms with E-state index in [1.807, 2.05) is 0 Å². The normalized spacial score (nSPS) is 10.9. The van der Waals surface area contributed by atoms with E-state index < -0.39 is 11.5 Å². The van der Waals surface area contributed by atoms with Gasteiger partial charge in [-0.05, 0) is 55.8 Å². The van der Waals surface area contributed by atoms with E-state index in [9.17, 15) is 14.0 Å². The van der Waals surface area contributed by atoms with Crippen molar-refractivity contribution in [1.82, 2.24) is 19.5 Å². The van der Waals surface area contributed by atoms with E-state index in [4.69, 9.17) is 0 Å². The molecule has 0 radical (unpaired) electrons. The Morgan fingerprint density at radius 2 is 1.77 bits per heavy atom. The summed E-state index contributed by atoms with van der Waals surface area (Å²) in [6, 6.07) is 12.6. The second kappa shape index (κ2) is 7.82. The molecule has 0 fully saturated rings. The van der Waals surface area contributed by atoms with Crippen molar-refractivity contribution in [3.8, 4) is 0 Å². The van der Waals surface area contributed by atoms with Crippen molar-refractivity contribution in [2.24, 2.45) is 0 Å². The molecule has 0 aliphatic carbocycles. The molecule has 3 heterocycles. The number of amides is 1. The van der Waals surface area contributed by atoms with Crippen LogP contribution in [0.2, 0.25) is 0 Å². The number of aryl methyl sites for hydroxylation is 2. The zero-order valence-corrected chi connectivity index (χ0v) is 16.4. The van der Waals surface area contributed by atoms with E-state index >= 15 is 0 Å². The quantitative estimate of drug-likeness (QED) is 0.565. The minimum atomic E-state index is -0.608. The third kappa shape index (κ3) is 3.93. The van der Waals surface area contributed by atoms with E-state index in [0.29, 0.717) is 28.0 Å². The van der Waals surface area contributed by atoms with Gasteiger partial charge in [-0.2, -0.15) is 0 Å². The van der Waals surface area contributed by atoms with Gasteiger partial charge in [-0.25, -0.2) is 19.3 Å². The van der Waals surface area contributed by atoms with Crippen molar-refractivity contribution in [2.45, 2.75) is 20.4 Å². The van der Waals surface area contributed by atoms with Crippen LogP contribution >= 0.6 is 0 Å². The van der Waals surface area contributed by atoms with Crippen LogP contribution in [0, 0.1) is 19.7 Å². The van der Waals surface area contributed by atoms with Crippen LogP contribution in [0.3, 0.4) is 0 Å². The van der Waals surface area contributed by atoms with Gasteiger partial charge in [0.25, 0.3) is 11.5 Å². The third-order valence-corrected chi connectivity index (χ3v) is 4.55. The zero-order valence-electron chi connectivity index (χ0n) is 16.4. The van der Waals surface area contributed by atoms with Crippen molar-refractivity contribution in [3.63, 3.8) is 0 Å². The second-order valence-corrected chi connectivity index (χ2v) is 6.92. The Bertz CT molecular complexity index is 1300. The lowest BCUT2D eigenvalue weighted by Gasteiger charge is -2.12. The average molecular weight is 403 g/mol. The number of hydrogen-bond donors (Lipinski definition) is 1. The fourth-order valence-corrected chi connectivity index (χ4v) is 3.24. The van der Waals surface area contributed by atoms with Crippen LogP contribution in [0.25, 0.3) is 11.0 Å². The molecule has 1 N–H and O–H groups in total. The van der Waals surface area contributed by atoms with Crippen LogP contribution in [0.1, 0.15) is 27.3 Å². The molecule has 0 spiro atoms. The van der Waals surface area contributed by atoms with Gasteiger partial charge in [-0.1, -0.05) is 12.1 Å². The smallest absolute Gasteiger partial charge is 0.265 e. The Hall–Kier alpha value is -3.94. The summed E-state index contributed by atoms with van der Waals surface area (Å²) >= 11 is 0. The predicted molar refractivity (Wildman–Crippen MR) is 111 cm³/mol. The second-order valence-electron chi connectivity index (χ2n) is 6.92. The summed E-state index contributed by atoms with van der Waals surface area (Å²) in [5, 5.41) is 3.23. The van der Waals surface area contributed by atoms with Gasteiger partial charge in [-0.3, -0.25) is 19.5 Å². The van der Waals surface area contributed by atoms with Crippen LogP contribution in [0.5, 0.6) is 0 Å². The van der Waals surface area contributed by atoms with Crippen molar-refractivity contribution in [2.75, 3.05) is 5.32 Å². The Kier molecular flexibility index (Phi) is 5.05. The number of fused-ring (bicyclic) bond motifs is 1. The standard InChI is InChI=1S/C22H18FN5O2/c1-13-10-14(2)26-22(25-13)27-20(29)18-11-16-4-3-9-24-19(16)28(21(18)30)12-15-5-7-17(23)8-6-15/h3-11H,12H2,1-2H3,(H,25,26,27,29). The van der Waals surface area contributed by atoms with Crippen LogP contribution in [0.4, 0.5) is 10.3 Å². The first kappa shape index (κ1) is 19.4. The SMILES string of the molecule is Cc1cc(C)nc(NC(=O)c2cc3cccnc3n(Cc3ccc(F)cc3)c2=O)n1. The molecular weight excluding hydrogens is 385 g/mol. The molecular formula is C22H18FN5O2. The fraction of sp³-hybridized carbons (Fsp3) is 0.136. The maximum Gasteiger partial charge on any atom is 0.265 e. The van der Waals surface area contributed by atoms with Gasteiger partial charge in [0.1, 0.15) is 17.0 Å². The van der Waals surface area contributed by atoms with Crippen molar-refractivity contribution < 1.29 is 9.18 Å². The first-order valence-electron chi connectivity index (χ1n) is 9.27. The predicted octanol–water partition coefficient (Wildman–Crippen LogP) is 3.24. The molecule has 1 aromatic carbocycles. The van der Waals surface area contributed by atoms with Gasteiger partial charge in [0.15, 0.2) is 0 Å². The number of carbonyl (C=O) groups is 1. The monoisotopic (exact) mass is 403 g/mol. The van der Waals surface area contributed by atoms with E-state index in [2.05, 4.69) is 20.3 Å². The van der Waals surface area contributed by atoms with Crippen molar-refractivity contribution in [3.05, 3.63) is 93.4 Å². The summed E-state index contributed by atoms with van der Waals surface area (Å²) in [5.41, 5.74) is 1.99. The number of halogens is 1. The first-order valence-corrected chi connectivity index (χ1v) is 9.27. The number of aromatic nitrogens is 4. The molecule has 0 atom stereocenters. The number of pyridine rings is 2. The average Bonchev–Trinajstić information content (AvgIpc) is 2.70. The highest BCUT2D eigenvalue weighted by Gasteiger charge is 2.18. The molecule has 3 aromatic heterocycles. The minimum Gasteiger partial charge on any atom is -0.290 e. The number of benzene rings is 1. The zero-order chi connectivity index (χ0) is 21.3. The van der Waals surface area contributed by atoms with Crippen LogP contribution < -0.4 is 10.9 Å². The van der Waals surface area contributed by atoms with E-state index in [0.717, 1.165) is 0 Å². The highest BCUT2D eigenvalue weighted by Crippen LogP contribution is 2.14. The van der Waals surface area contributed by atoms with E-state index in [-0.39, 0.29) is 23.9 Å². The molecule has 0 saturated heterocycles. The maximum atomic E-state index is 13.2. The maximum absolute atomic E-state index is 13.2. The number of hydrogen-bond acceptors (Lipinski definition) is 5. The van der Waals surface area contributed by atoms with Crippen LogP contribution in [-0.4, -0.2) is 25.4 Å². The van der Waals surface area contributed by atoms with Crippen LogP contribution in [-0.2, 0) is 6.54 Å². The number of rotatable bonds is 4.